The minimum absolute atomic E-state index is 0.121. The summed E-state index contributed by atoms with van der Waals surface area (Å²) in [6.07, 6.45) is 3.25. The van der Waals surface area contributed by atoms with Gasteiger partial charge in [-0.15, -0.1) is 0 Å². The van der Waals surface area contributed by atoms with E-state index in [9.17, 15) is 19.5 Å². The summed E-state index contributed by atoms with van der Waals surface area (Å²) >= 11 is 4.88. The predicted octanol–water partition coefficient (Wildman–Crippen LogP) is 6.87. The van der Waals surface area contributed by atoms with Gasteiger partial charge in [0.15, 0.2) is 0 Å². The van der Waals surface area contributed by atoms with Gasteiger partial charge in [0.1, 0.15) is 29.1 Å². The minimum atomic E-state index is -0.975. The first-order chi connectivity index (χ1) is 21.4. The highest BCUT2D eigenvalue weighted by molar-refractivity contribution is 9.10. The maximum Gasteiger partial charge on any atom is 0.408 e. The van der Waals surface area contributed by atoms with Crippen molar-refractivity contribution in [2.24, 2.45) is 7.05 Å². The zero-order chi connectivity index (χ0) is 32.3. The van der Waals surface area contributed by atoms with Gasteiger partial charge in [-0.1, -0.05) is 28.1 Å². The van der Waals surface area contributed by atoms with Crippen LogP contribution in [0.15, 0.2) is 70.0 Å². The summed E-state index contributed by atoms with van der Waals surface area (Å²) in [4.78, 5) is 41.8. The number of anilines is 1. The van der Waals surface area contributed by atoms with E-state index in [0.29, 0.717) is 35.5 Å². The monoisotopic (exact) mass is 693 g/mol. The number of alkyl carbamates (subject to hydrolysis) is 1. The Hall–Kier alpha value is -4.16. The maximum atomic E-state index is 13.9. The number of carbonyl (C=O) groups is 3. The molecule has 2 atom stereocenters. The molecule has 3 amide bonds. The van der Waals surface area contributed by atoms with Crippen LogP contribution in [0.25, 0.3) is 22.4 Å². The van der Waals surface area contributed by atoms with E-state index in [2.05, 4.69) is 31.7 Å². The molecule has 10 nitrogen and oxygen atoms in total. The van der Waals surface area contributed by atoms with Crippen molar-refractivity contribution in [3.8, 4) is 28.1 Å². The lowest BCUT2D eigenvalue weighted by Crippen LogP contribution is -2.53. The van der Waals surface area contributed by atoms with E-state index in [1.54, 1.807) is 60.7 Å². The van der Waals surface area contributed by atoms with Crippen LogP contribution in [0.1, 0.15) is 51.6 Å². The van der Waals surface area contributed by atoms with Gasteiger partial charge < -0.3 is 25.4 Å². The van der Waals surface area contributed by atoms with Crippen LogP contribution in [0.5, 0.6) is 5.75 Å². The van der Waals surface area contributed by atoms with Gasteiger partial charge in [-0.3, -0.25) is 14.3 Å². The van der Waals surface area contributed by atoms with Crippen molar-refractivity contribution in [2.75, 3.05) is 11.9 Å². The number of benzene rings is 2. The number of aryl methyl sites for hydroxylation is 1. The molecule has 0 spiro atoms. The smallest absolute Gasteiger partial charge is 0.408 e. The quantitative estimate of drug-likeness (QED) is 0.194. The number of rotatable bonds is 7. The fourth-order valence-electron chi connectivity index (χ4n) is 5.34. The summed E-state index contributed by atoms with van der Waals surface area (Å²) < 4.78 is 7.94. The molecule has 45 heavy (non-hydrogen) atoms. The van der Waals surface area contributed by atoms with E-state index in [1.807, 2.05) is 42.2 Å². The summed E-state index contributed by atoms with van der Waals surface area (Å²) in [7, 11) is 1.82. The van der Waals surface area contributed by atoms with Gasteiger partial charge in [-0.25, -0.2) is 4.79 Å². The van der Waals surface area contributed by atoms with Crippen LogP contribution in [-0.2, 0) is 21.4 Å². The molecule has 4 aromatic rings. The van der Waals surface area contributed by atoms with E-state index in [0.717, 1.165) is 28.4 Å². The number of aromatic hydroxyl groups is 1. The molecular weight excluding hydrogens is 658 g/mol. The molecule has 0 unspecified atom stereocenters. The maximum absolute atomic E-state index is 13.9. The zero-order valence-corrected chi connectivity index (χ0v) is 27.9. The van der Waals surface area contributed by atoms with Crippen LogP contribution < -0.4 is 10.6 Å². The van der Waals surface area contributed by atoms with Crippen molar-refractivity contribution in [1.29, 1.82) is 0 Å². The van der Waals surface area contributed by atoms with Crippen LogP contribution in [0, 0.1) is 0 Å². The third kappa shape index (κ3) is 7.74. The highest BCUT2D eigenvalue weighted by Crippen LogP contribution is 2.37. The number of nitrogens with one attached hydrogen (secondary N) is 2. The number of carbonyl (C=O) groups excluding carboxylic acids is 3. The summed E-state index contributed by atoms with van der Waals surface area (Å²) in [5.41, 5.74) is 3.41. The fourth-order valence-corrected chi connectivity index (χ4v) is 6.39. The number of hydrogen-bond acceptors (Lipinski definition) is 7. The van der Waals surface area contributed by atoms with Gasteiger partial charge in [-0.2, -0.15) is 16.4 Å². The summed E-state index contributed by atoms with van der Waals surface area (Å²) in [6, 6.07) is 12.7. The lowest BCUT2D eigenvalue weighted by atomic mass is 9.98. The second-order valence-electron chi connectivity index (χ2n) is 12.0. The molecule has 3 N–H and O–H groups in total. The number of nitrogens with zero attached hydrogens (tertiary/aromatic N) is 3. The van der Waals surface area contributed by atoms with Crippen LogP contribution in [0.3, 0.4) is 0 Å². The Morgan fingerprint density at radius 3 is 2.53 bits per heavy atom. The van der Waals surface area contributed by atoms with Gasteiger partial charge in [-0.05, 0) is 98.3 Å². The van der Waals surface area contributed by atoms with E-state index in [4.69, 9.17) is 4.74 Å². The largest absolute Gasteiger partial charge is 0.507 e. The molecule has 0 aliphatic carbocycles. The Labute approximate surface area is 274 Å². The zero-order valence-electron chi connectivity index (χ0n) is 25.5. The average molecular weight is 695 g/mol. The first kappa shape index (κ1) is 32.2. The molecule has 0 bridgehead atoms. The third-order valence-electron chi connectivity index (χ3n) is 7.38. The Balaban J connectivity index is 1.33. The Morgan fingerprint density at radius 2 is 1.84 bits per heavy atom. The number of likely N-dealkylation sites (tertiary alicyclic amines) is 1. The Morgan fingerprint density at radius 1 is 1.09 bits per heavy atom. The highest BCUT2D eigenvalue weighted by atomic mass is 79.9. The lowest BCUT2D eigenvalue weighted by Gasteiger charge is -2.37. The second kappa shape index (κ2) is 13.5. The molecule has 1 aliphatic heterocycles. The summed E-state index contributed by atoms with van der Waals surface area (Å²) in [5, 5.41) is 24.4. The van der Waals surface area contributed by atoms with Gasteiger partial charge in [0.05, 0.1) is 0 Å². The normalized spacial score (nSPS) is 15.8. The summed E-state index contributed by atoms with van der Waals surface area (Å²) in [6.45, 7) is 5.68. The highest BCUT2D eigenvalue weighted by Gasteiger charge is 2.37. The molecule has 12 heteroatoms. The minimum Gasteiger partial charge on any atom is -0.507 e. The van der Waals surface area contributed by atoms with E-state index in [1.165, 1.54) is 11.3 Å². The van der Waals surface area contributed by atoms with Crippen molar-refractivity contribution >= 4 is 50.9 Å². The second-order valence-corrected chi connectivity index (χ2v) is 13.7. The van der Waals surface area contributed by atoms with Crippen LogP contribution in [0.2, 0.25) is 0 Å². The Bertz CT molecular complexity index is 1680. The van der Waals surface area contributed by atoms with Crippen molar-refractivity contribution in [3.05, 3.63) is 75.5 Å². The first-order valence-electron chi connectivity index (χ1n) is 14.7. The van der Waals surface area contributed by atoms with Gasteiger partial charge >= 0.3 is 6.09 Å². The predicted molar refractivity (Wildman–Crippen MR) is 178 cm³/mol. The first-order valence-corrected chi connectivity index (χ1v) is 16.4. The molecule has 0 saturated carbocycles. The number of phenols is 1. The van der Waals surface area contributed by atoms with Crippen molar-refractivity contribution in [2.45, 2.75) is 57.7 Å². The van der Waals surface area contributed by atoms with Gasteiger partial charge in [0.25, 0.3) is 5.91 Å². The lowest BCUT2D eigenvalue weighted by molar-refractivity contribution is -0.142. The van der Waals surface area contributed by atoms with E-state index < -0.39 is 23.8 Å². The van der Waals surface area contributed by atoms with E-state index in [-0.39, 0.29) is 17.6 Å². The number of thiophene rings is 1. The molecular formula is C33H36BrN5O5S. The number of aromatic nitrogens is 2. The third-order valence-corrected chi connectivity index (χ3v) is 8.57. The topological polar surface area (TPSA) is 126 Å². The molecule has 5 rings (SSSR count). The van der Waals surface area contributed by atoms with Crippen molar-refractivity contribution < 1.29 is 24.2 Å². The molecule has 2 aromatic heterocycles. The molecule has 236 valence electrons. The van der Waals surface area contributed by atoms with Gasteiger partial charge in [0, 0.05) is 41.1 Å². The standard InChI is InChI=1S/C33H36BrN5O5S/c1-33(2,3)44-32(43)36-28(21-14-16-45-19-21)31(42)39-15-6-5-7-26(39)30(41)35-23-11-8-20(9-12-23)25-18-38(4)37-29(25)24-17-22(34)10-13-27(24)40/h8-14,16-19,26,28,40H,5-7,15H2,1-4H3,(H,35,41)(H,36,43)/t26-,28-/m0/s1. The van der Waals surface area contributed by atoms with E-state index >= 15 is 0 Å². The molecule has 1 aliphatic rings. The van der Waals surface area contributed by atoms with Crippen LogP contribution >= 0.6 is 27.3 Å². The average Bonchev–Trinajstić information content (AvgIpc) is 3.66. The molecule has 2 aromatic carbocycles. The van der Waals surface area contributed by atoms with Crippen molar-refractivity contribution in [1.82, 2.24) is 20.0 Å². The SMILES string of the molecule is Cn1cc(-c2ccc(NC(=O)[C@@H]3CCCCN3C(=O)[C@@H](NC(=O)OC(C)(C)C)c3ccsc3)cc2)c(-c2cc(Br)ccc2O)n1. The van der Waals surface area contributed by atoms with Gasteiger partial charge in [0.2, 0.25) is 5.91 Å². The molecule has 1 saturated heterocycles. The number of amides is 3. The molecule has 1 fully saturated rings. The van der Waals surface area contributed by atoms with Crippen LogP contribution in [0.4, 0.5) is 10.5 Å². The number of phenolic OH excluding ortho intramolecular Hbond substituents is 1. The molecule has 3 heterocycles. The number of hydrogen-bond donors (Lipinski definition) is 3. The Kier molecular flexibility index (Phi) is 9.64. The molecule has 0 radical (unpaired) electrons. The summed E-state index contributed by atoms with van der Waals surface area (Å²) in [5.74, 6) is -0.524. The van der Waals surface area contributed by atoms with Crippen LogP contribution in [-0.4, -0.2) is 55.9 Å². The number of ether oxygens (including phenoxy) is 1. The number of piperidine rings is 1. The number of halogens is 1. The fraction of sp³-hybridized carbons (Fsp3) is 0.333. The van der Waals surface area contributed by atoms with Crippen molar-refractivity contribution in [3.63, 3.8) is 0 Å².